The van der Waals surface area contributed by atoms with Crippen LogP contribution in [0.5, 0.6) is 0 Å². The Balaban J connectivity index is 1.34. The fourth-order valence-corrected chi connectivity index (χ4v) is 5.57. The Hall–Kier alpha value is -4.04. The summed E-state index contributed by atoms with van der Waals surface area (Å²) in [6.07, 6.45) is 0.666. The first-order valence-electron chi connectivity index (χ1n) is 11.7. The van der Waals surface area contributed by atoms with E-state index in [1.165, 1.54) is 16.2 Å². The van der Waals surface area contributed by atoms with Crippen LogP contribution in [0.15, 0.2) is 84.9 Å². The average Bonchev–Trinajstić information content (AvgIpc) is 3.38. The largest absolute Gasteiger partial charge is 0.337 e. The van der Waals surface area contributed by atoms with Gasteiger partial charge in [-0.15, -0.1) is 11.3 Å². The van der Waals surface area contributed by atoms with Crippen LogP contribution in [0, 0.1) is 0 Å². The molecule has 0 aliphatic carbocycles. The fraction of sp³-hybridized carbons (Fsp3) is 0.214. The first-order chi connectivity index (χ1) is 17.4. The number of likely N-dealkylation sites (N-methyl/N-ethyl adjacent to an activating group) is 1. The SMILES string of the molecule is CN(Cc1nc2ccccc2s1)C(=O)CN1C(=O)NC(Cc2ccccc2)(Cc2ccccc2)C1=O. The van der Waals surface area contributed by atoms with Gasteiger partial charge in [-0.25, -0.2) is 9.78 Å². The van der Waals surface area contributed by atoms with Crippen LogP contribution in [0.25, 0.3) is 10.2 Å². The summed E-state index contributed by atoms with van der Waals surface area (Å²) in [5.41, 5.74) is 1.59. The third-order valence-corrected chi connectivity index (χ3v) is 7.39. The van der Waals surface area contributed by atoms with Crippen molar-refractivity contribution in [3.63, 3.8) is 0 Å². The zero-order valence-corrected chi connectivity index (χ0v) is 20.7. The zero-order chi connectivity index (χ0) is 25.1. The standard InChI is InChI=1S/C28H26N4O3S/c1-31(18-24-29-22-14-8-9-15-23(22)36-24)25(33)19-32-26(34)28(30-27(32)35,16-20-10-4-2-5-11-20)17-21-12-6-3-7-13-21/h2-15H,16-19H2,1H3,(H,30,35). The molecule has 0 saturated carbocycles. The third kappa shape index (κ3) is 4.85. The number of imide groups is 1. The summed E-state index contributed by atoms with van der Waals surface area (Å²) in [5, 5.41) is 3.73. The van der Waals surface area contributed by atoms with Gasteiger partial charge in [0.1, 0.15) is 17.1 Å². The highest BCUT2D eigenvalue weighted by Crippen LogP contribution is 2.28. The van der Waals surface area contributed by atoms with E-state index in [-0.39, 0.29) is 18.4 Å². The predicted molar refractivity (Wildman–Crippen MR) is 139 cm³/mol. The summed E-state index contributed by atoms with van der Waals surface area (Å²) >= 11 is 1.52. The number of urea groups is 1. The van der Waals surface area contributed by atoms with E-state index in [4.69, 9.17) is 0 Å². The molecule has 1 N–H and O–H groups in total. The number of nitrogens with one attached hydrogen (secondary N) is 1. The lowest BCUT2D eigenvalue weighted by Gasteiger charge is -2.27. The van der Waals surface area contributed by atoms with Crippen molar-refractivity contribution in [2.24, 2.45) is 0 Å². The second-order valence-electron chi connectivity index (χ2n) is 9.05. The molecule has 2 heterocycles. The van der Waals surface area contributed by atoms with Gasteiger partial charge in [-0.1, -0.05) is 72.8 Å². The van der Waals surface area contributed by atoms with Gasteiger partial charge in [0.15, 0.2) is 0 Å². The molecular formula is C28H26N4O3S. The first-order valence-corrected chi connectivity index (χ1v) is 12.6. The van der Waals surface area contributed by atoms with E-state index in [1.54, 1.807) is 7.05 Å². The molecule has 1 saturated heterocycles. The second kappa shape index (κ2) is 9.91. The van der Waals surface area contributed by atoms with Gasteiger partial charge in [0.2, 0.25) is 5.91 Å². The fourth-order valence-electron chi connectivity index (χ4n) is 4.55. The van der Waals surface area contributed by atoms with Gasteiger partial charge >= 0.3 is 6.03 Å². The Labute approximate surface area is 213 Å². The number of hydrogen-bond donors (Lipinski definition) is 1. The number of amides is 4. The number of benzene rings is 3. The highest BCUT2D eigenvalue weighted by molar-refractivity contribution is 7.18. The van der Waals surface area contributed by atoms with Crippen molar-refractivity contribution in [1.82, 2.24) is 20.1 Å². The van der Waals surface area contributed by atoms with Crippen LogP contribution in [-0.4, -0.2) is 51.8 Å². The van der Waals surface area contributed by atoms with Crippen molar-refractivity contribution >= 4 is 39.4 Å². The molecule has 36 heavy (non-hydrogen) atoms. The van der Waals surface area contributed by atoms with Gasteiger partial charge in [0, 0.05) is 19.9 Å². The molecule has 4 aromatic rings. The van der Waals surface area contributed by atoms with Crippen molar-refractivity contribution in [2.45, 2.75) is 24.9 Å². The van der Waals surface area contributed by atoms with Crippen LogP contribution in [0.3, 0.4) is 0 Å². The number of hydrogen-bond acceptors (Lipinski definition) is 5. The first kappa shape index (κ1) is 23.7. The number of aromatic nitrogens is 1. The van der Waals surface area contributed by atoms with Crippen LogP contribution in [0.4, 0.5) is 4.79 Å². The normalized spacial score (nSPS) is 14.8. The molecule has 4 amide bonds. The van der Waals surface area contributed by atoms with Gasteiger partial charge in [0.05, 0.1) is 16.8 Å². The van der Waals surface area contributed by atoms with Crippen molar-refractivity contribution in [3.8, 4) is 0 Å². The third-order valence-electron chi connectivity index (χ3n) is 6.37. The zero-order valence-electron chi connectivity index (χ0n) is 19.9. The Morgan fingerprint density at radius 1 is 0.917 bits per heavy atom. The van der Waals surface area contributed by atoms with Gasteiger partial charge < -0.3 is 10.2 Å². The molecule has 0 unspecified atom stereocenters. The second-order valence-corrected chi connectivity index (χ2v) is 10.2. The van der Waals surface area contributed by atoms with E-state index in [0.29, 0.717) is 19.4 Å². The summed E-state index contributed by atoms with van der Waals surface area (Å²) in [7, 11) is 1.66. The molecule has 1 aromatic heterocycles. The molecule has 3 aromatic carbocycles. The molecule has 182 valence electrons. The molecule has 1 aliphatic heterocycles. The van der Waals surface area contributed by atoms with Gasteiger partial charge in [-0.2, -0.15) is 0 Å². The molecule has 7 nitrogen and oxygen atoms in total. The molecule has 0 atom stereocenters. The lowest BCUT2D eigenvalue weighted by atomic mass is 9.84. The van der Waals surface area contributed by atoms with E-state index < -0.39 is 11.6 Å². The molecule has 0 spiro atoms. The summed E-state index contributed by atoms with van der Waals surface area (Å²) in [4.78, 5) is 47.0. The summed E-state index contributed by atoms with van der Waals surface area (Å²) in [6, 6.07) is 26.5. The van der Waals surface area contributed by atoms with Crippen LogP contribution < -0.4 is 5.32 Å². The van der Waals surface area contributed by atoms with Gasteiger partial charge in [0.25, 0.3) is 5.91 Å². The minimum atomic E-state index is -1.16. The van der Waals surface area contributed by atoms with Crippen LogP contribution >= 0.6 is 11.3 Å². The number of carbonyl (C=O) groups is 3. The lowest BCUT2D eigenvalue weighted by molar-refractivity contribution is -0.138. The number of nitrogens with zero attached hydrogens (tertiary/aromatic N) is 3. The van der Waals surface area contributed by atoms with Crippen molar-refractivity contribution in [3.05, 3.63) is 101 Å². The monoisotopic (exact) mass is 498 g/mol. The van der Waals surface area contributed by atoms with E-state index in [9.17, 15) is 14.4 Å². The van der Waals surface area contributed by atoms with E-state index in [1.807, 2.05) is 84.9 Å². The van der Waals surface area contributed by atoms with Crippen LogP contribution in [0.1, 0.15) is 16.1 Å². The van der Waals surface area contributed by atoms with E-state index in [2.05, 4.69) is 10.3 Å². The summed E-state index contributed by atoms with van der Waals surface area (Å²) < 4.78 is 1.05. The smallest absolute Gasteiger partial charge is 0.325 e. The number of thiazole rings is 1. The molecule has 8 heteroatoms. The summed E-state index contributed by atoms with van der Waals surface area (Å²) in [6.45, 7) is -0.0155. The van der Waals surface area contributed by atoms with E-state index >= 15 is 0 Å². The molecular weight excluding hydrogens is 472 g/mol. The summed E-state index contributed by atoms with van der Waals surface area (Å²) in [5.74, 6) is -0.713. The Morgan fingerprint density at radius 2 is 1.50 bits per heavy atom. The van der Waals surface area contributed by atoms with Crippen molar-refractivity contribution < 1.29 is 14.4 Å². The Bertz CT molecular complexity index is 1330. The molecule has 1 aliphatic rings. The number of fused-ring (bicyclic) bond motifs is 1. The molecule has 1 fully saturated rings. The quantitative estimate of drug-likeness (QED) is 0.372. The number of carbonyl (C=O) groups excluding carboxylic acids is 3. The number of rotatable bonds is 8. The maximum absolute atomic E-state index is 13.7. The Kier molecular flexibility index (Phi) is 6.52. The lowest BCUT2D eigenvalue weighted by Crippen LogP contribution is -2.51. The minimum Gasteiger partial charge on any atom is -0.337 e. The molecule has 0 bridgehead atoms. The maximum atomic E-state index is 13.7. The van der Waals surface area contributed by atoms with Crippen LogP contribution in [-0.2, 0) is 29.0 Å². The Morgan fingerprint density at radius 3 is 2.11 bits per heavy atom. The topological polar surface area (TPSA) is 82.6 Å². The minimum absolute atomic E-state index is 0.307. The average molecular weight is 499 g/mol. The molecule has 5 rings (SSSR count). The van der Waals surface area contributed by atoms with Crippen LogP contribution in [0.2, 0.25) is 0 Å². The van der Waals surface area contributed by atoms with Crippen molar-refractivity contribution in [1.29, 1.82) is 0 Å². The molecule has 0 radical (unpaired) electrons. The van der Waals surface area contributed by atoms with Gasteiger partial charge in [-0.3, -0.25) is 14.5 Å². The highest BCUT2D eigenvalue weighted by atomic mass is 32.1. The van der Waals surface area contributed by atoms with Crippen molar-refractivity contribution in [2.75, 3.05) is 13.6 Å². The van der Waals surface area contributed by atoms with Gasteiger partial charge in [-0.05, 0) is 23.3 Å². The number of para-hydroxylation sites is 1. The maximum Gasteiger partial charge on any atom is 0.325 e. The predicted octanol–water partition coefficient (Wildman–Crippen LogP) is 4.03. The highest BCUT2D eigenvalue weighted by Gasteiger charge is 2.51. The van der Waals surface area contributed by atoms with E-state index in [0.717, 1.165) is 31.3 Å².